The minimum atomic E-state index is -4.13. The van der Waals surface area contributed by atoms with Gasteiger partial charge in [-0.15, -0.1) is 0 Å². The Labute approximate surface area is 119 Å². The van der Waals surface area contributed by atoms with Crippen molar-refractivity contribution >= 4 is 10.1 Å². The molecule has 1 aliphatic rings. The molecule has 2 atom stereocenters. The maximum absolute atomic E-state index is 11.6. The highest BCUT2D eigenvalue weighted by Gasteiger charge is 2.37. The average molecular weight is 300 g/mol. The van der Waals surface area contributed by atoms with Gasteiger partial charge < -0.3 is 5.11 Å². The monoisotopic (exact) mass is 300 g/mol. The standard InChI is InChI=1S/C13H20N2O4S/c14-19-20(17,18)13(16)12-8-4-5-9-15(12)10-11-6-2-1-3-7-11/h1-3,6-7,12-13,16H,4-5,8-10,14H2/t12-,13?/m1/s1. The molecule has 1 unspecified atom stereocenters. The molecule has 0 spiro atoms. The number of hydrogen-bond acceptors (Lipinski definition) is 6. The van der Waals surface area contributed by atoms with Crippen LogP contribution in [-0.4, -0.2) is 36.4 Å². The van der Waals surface area contributed by atoms with Gasteiger partial charge in [-0.25, -0.2) is 0 Å². The van der Waals surface area contributed by atoms with Crippen molar-refractivity contribution in [2.75, 3.05) is 6.54 Å². The van der Waals surface area contributed by atoms with Gasteiger partial charge in [0.25, 0.3) is 0 Å². The van der Waals surface area contributed by atoms with E-state index in [2.05, 4.69) is 4.28 Å². The van der Waals surface area contributed by atoms with Crippen LogP contribution in [0.1, 0.15) is 24.8 Å². The lowest BCUT2D eigenvalue weighted by atomic mass is 10.0. The summed E-state index contributed by atoms with van der Waals surface area (Å²) in [6.07, 6.45) is 2.48. The van der Waals surface area contributed by atoms with E-state index in [4.69, 9.17) is 5.90 Å². The molecule has 112 valence electrons. The van der Waals surface area contributed by atoms with E-state index < -0.39 is 21.6 Å². The number of nitrogens with zero attached hydrogens (tertiary/aromatic N) is 1. The molecule has 2 rings (SSSR count). The van der Waals surface area contributed by atoms with E-state index in [1.54, 1.807) is 0 Å². The first kappa shape index (κ1) is 15.4. The smallest absolute Gasteiger partial charge is 0.311 e. The largest absolute Gasteiger partial charge is 0.374 e. The Balaban J connectivity index is 2.13. The van der Waals surface area contributed by atoms with Crippen molar-refractivity contribution < 1.29 is 17.8 Å². The third-order valence-corrected chi connectivity index (χ3v) is 4.83. The van der Waals surface area contributed by atoms with Crippen molar-refractivity contribution in [3.05, 3.63) is 35.9 Å². The van der Waals surface area contributed by atoms with E-state index in [0.717, 1.165) is 24.9 Å². The molecule has 0 bridgehead atoms. The number of rotatable bonds is 5. The number of aliphatic hydroxyl groups excluding tert-OH is 1. The molecule has 20 heavy (non-hydrogen) atoms. The van der Waals surface area contributed by atoms with Gasteiger partial charge in [0.1, 0.15) is 0 Å². The maximum Gasteiger partial charge on any atom is 0.311 e. The molecule has 1 fully saturated rings. The van der Waals surface area contributed by atoms with Crippen LogP contribution in [0.2, 0.25) is 0 Å². The summed E-state index contributed by atoms with van der Waals surface area (Å²) >= 11 is 0. The molecule has 1 saturated heterocycles. The number of aliphatic hydroxyl groups is 1. The molecular formula is C13H20N2O4S. The minimum absolute atomic E-state index is 0.488. The van der Waals surface area contributed by atoms with E-state index in [1.165, 1.54) is 0 Å². The quantitative estimate of drug-likeness (QED) is 0.773. The van der Waals surface area contributed by atoms with E-state index in [-0.39, 0.29) is 0 Å². The highest BCUT2D eigenvalue weighted by molar-refractivity contribution is 7.87. The number of benzene rings is 1. The Bertz CT molecular complexity index is 520. The lowest BCUT2D eigenvalue weighted by Gasteiger charge is -2.37. The summed E-state index contributed by atoms with van der Waals surface area (Å²) in [6.45, 7) is 1.35. The number of hydrogen-bond donors (Lipinski definition) is 2. The third kappa shape index (κ3) is 3.56. The van der Waals surface area contributed by atoms with E-state index in [1.807, 2.05) is 35.2 Å². The third-order valence-electron chi connectivity index (χ3n) is 3.65. The van der Waals surface area contributed by atoms with Crippen molar-refractivity contribution in [3.8, 4) is 0 Å². The second-order valence-electron chi connectivity index (χ2n) is 5.00. The van der Waals surface area contributed by atoms with Crippen LogP contribution < -0.4 is 5.90 Å². The van der Waals surface area contributed by atoms with Gasteiger partial charge >= 0.3 is 10.1 Å². The molecule has 0 aliphatic carbocycles. The highest BCUT2D eigenvalue weighted by Crippen LogP contribution is 2.24. The van der Waals surface area contributed by atoms with Crippen molar-refractivity contribution in [1.82, 2.24) is 4.90 Å². The molecule has 7 heteroatoms. The molecule has 0 saturated carbocycles. The lowest BCUT2D eigenvalue weighted by molar-refractivity contribution is 0.0549. The fourth-order valence-corrected chi connectivity index (χ4v) is 3.41. The van der Waals surface area contributed by atoms with Crippen LogP contribution in [0.3, 0.4) is 0 Å². The zero-order valence-corrected chi connectivity index (χ0v) is 12.0. The molecule has 1 aromatic carbocycles. The molecule has 0 amide bonds. The van der Waals surface area contributed by atoms with Gasteiger partial charge in [-0.2, -0.15) is 18.6 Å². The van der Waals surface area contributed by atoms with Gasteiger partial charge in [-0.05, 0) is 24.9 Å². The van der Waals surface area contributed by atoms with Crippen molar-refractivity contribution in [2.24, 2.45) is 5.90 Å². The zero-order chi connectivity index (χ0) is 14.6. The second-order valence-corrected chi connectivity index (χ2v) is 6.66. The number of likely N-dealkylation sites (tertiary alicyclic amines) is 1. The fraction of sp³-hybridized carbons (Fsp3) is 0.538. The van der Waals surface area contributed by atoms with Crippen LogP contribution in [-0.2, 0) is 20.9 Å². The summed E-state index contributed by atoms with van der Waals surface area (Å²) in [5, 5.41) is 10.0. The first-order valence-electron chi connectivity index (χ1n) is 6.63. The fourth-order valence-electron chi connectivity index (χ4n) is 2.60. The van der Waals surface area contributed by atoms with E-state index in [0.29, 0.717) is 13.0 Å². The Morgan fingerprint density at radius 2 is 2.05 bits per heavy atom. The first-order chi connectivity index (χ1) is 9.54. The van der Waals surface area contributed by atoms with Gasteiger partial charge in [0.05, 0.1) is 6.04 Å². The van der Waals surface area contributed by atoms with Gasteiger partial charge in [0, 0.05) is 6.54 Å². The molecule has 6 nitrogen and oxygen atoms in total. The van der Waals surface area contributed by atoms with E-state index in [9.17, 15) is 13.5 Å². The highest BCUT2D eigenvalue weighted by atomic mass is 32.2. The zero-order valence-electron chi connectivity index (χ0n) is 11.2. The van der Waals surface area contributed by atoms with Gasteiger partial charge in [0.2, 0.25) is 0 Å². The number of nitrogens with two attached hydrogens (primary N) is 1. The summed E-state index contributed by atoms with van der Waals surface area (Å²) < 4.78 is 27.1. The van der Waals surface area contributed by atoms with Crippen molar-refractivity contribution in [3.63, 3.8) is 0 Å². The SMILES string of the molecule is NOS(=O)(=O)C(O)[C@H]1CCCCN1Cc1ccccc1. The maximum atomic E-state index is 11.6. The predicted octanol–water partition coefficient (Wildman–Crippen LogP) is 0.580. The average Bonchev–Trinajstić information content (AvgIpc) is 2.48. The molecule has 1 aromatic rings. The van der Waals surface area contributed by atoms with Crippen LogP contribution in [0, 0.1) is 0 Å². The molecule has 0 radical (unpaired) electrons. The van der Waals surface area contributed by atoms with E-state index >= 15 is 0 Å². The minimum Gasteiger partial charge on any atom is -0.374 e. The summed E-state index contributed by atoms with van der Waals surface area (Å²) in [6, 6.07) is 9.27. The van der Waals surface area contributed by atoms with Crippen LogP contribution >= 0.6 is 0 Å². The van der Waals surface area contributed by atoms with Crippen LogP contribution in [0.4, 0.5) is 0 Å². The summed E-state index contributed by atoms with van der Waals surface area (Å²) in [5.41, 5.74) is -0.533. The molecule has 0 aromatic heterocycles. The van der Waals surface area contributed by atoms with Crippen LogP contribution in [0.15, 0.2) is 30.3 Å². The van der Waals surface area contributed by atoms with Crippen LogP contribution in [0.5, 0.6) is 0 Å². The van der Waals surface area contributed by atoms with Crippen LogP contribution in [0.25, 0.3) is 0 Å². The Kier molecular flexibility index (Phi) is 5.11. The Hall–Kier alpha value is -0.990. The topological polar surface area (TPSA) is 92.9 Å². The van der Waals surface area contributed by atoms with Gasteiger partial charge in [-0.3, -0.25) is 4.90 Å². The normalized spacial score (nSPS) is 22.6. The predicted molar refractivity (Wildman–Crippen MR) is 74.7 cm³/mol. The van der Waals surface area contributed by atoms with Gasteiger partial charge in [-0.1, -0.05) is 36.8 Å². The van der Waals surface area contributed by atoms with Gasteiger partial charge in [0.15, 0.2) is 5.44 Å². The molecule has 3 N–H and O–H groups in total. The van der Waals surface area contributed by atoms with Crippen molar-refractivity contribution in [1.29, 1.82) is 0 Å². The summed E-state index contributed by atoms with van der Waals surface area (Å²) in [7, 11) is -4.13. The molecule has 1 aliphatic heterocycles. The Morgan fingerprint density at radius 1 is 1.35 bits per heavy atom. The second kappa shape index (κ2) is 6.64. The molecule has 1 heterocycles. The molecular weight excluding hydrogens is 280 g/mol. The summed E-state index contributed by atoms with van der Waals surface area (Å²) in [4.78, 5) is 1.97. The van der Waals surface area contributed by atoms with Crippen molar-refractivity contribution in [2.45, 2.75) is 37.3 Å². The summed E-state index contributed by atoms with van der Waals surface area (Å²) in [5.74, 6) is 4.75. The Morgan fingerprint density at radius 3 is 2.70 bits per heavy atom. The lowest BCUT2D eigenvalue weighted by Crippen LogP contribution is -2.49. The first-order valence-corrected chi connectivity index (χ1v) is 8.10. The number of piperidine rings is 1.